The smallest absolute Gasteiger partial charge is 0.251 e. The molecule has 4 atom stereocenters. The SMILES string of the molecule is CC1CCN(C[C@H]2CN3CC[C@H]2C[C@@H]3CNC(=O)c2ccc3c(c2)OCO3)CC1. The minimum Gasteiger partial charge on any atom is -0.454 e. The monoisotopic (exact) mass is 399 g/mol. The summed E-state index contributed by atoms with van der Waals surface area (Å²) in [6, 6.07) is 5.88. The van der Waals surface area contributed by atoms with E-state index < -0.39 is 0 Å². The molecule has 5 aliphatic rings. The van der Waals surface area contributed by atoms with Crippen LogP contribution in [-0.4, -0.2) is 67.8 Å². The quantitative estimate of drug-likeness (QED) is 0.825. The number of hydrogen-bond acceptors (Lipinski definition) is 5. The summed E-state index contributed by atoms with van der Waals surface area (Å²) in [4.78, 5) is 17.9. The first-order valence-electron chi connectivity index (χ1n) is 11.3. The minimum absolute atomic E-state index is 0.0232. The summed E-state index contributed by atoms with van der Waals surface area (Å²) in [6.07, 6.45) is 5.25. The summed E-state index contributed by atoms with van der Waals surface area (Å²) in [7, 11) is 0. The Morgan fingerprint density at radius 1 is 1.14 bits per heavy atom. The maximum Gasteiger partial charge on any atom is 0.251 e. The largest absolute Gasteiger partial charge is 0.454 e. The summed E-state index contributed by atoms with van der Waals surface area (Å²) in [5.74, 6) is 3.87. The number of benzene rings is 1. The molecule has 6 nitrogen and oxygen atoms in total. The third-order valence-corrected chi connectivity index (χ3v) is 7.52. The molecule has 158 valence electrons. The van der Waals surface area contributed by atoms with E-state index >= 15 is 0 Å². The van der Waals surface area contributed by atoms with Crippen LogP contribution in [0, 0.1) is 17.8 Å². The summed E-state index contributed by atoms with van der Waals surface area (Å²) in [5, 5.41) is 3.16. The van der Waals surface area contributed by atoms with E-state index in [1.165, 1.54) is 58.4 Å². The van der Waals surface area contributed by atoms with E-state index in [1.54, 1.807) is 6.07 Å². The zero-order valence-corrected chi connectivity index (χ0v) is 17.4. The van der Waals surface area contributed by atoms with Crippen molar-refractivity contribution in [3.63, 3.8) is 0 Å². The highest BCUT2D eigenvalue weighted by Crippen LogP contribution is 2.37. The Bertz CT molecular complexity index is 747. The molecule has 0 radical (unpaired) electrons. The molecule has 6 heteroatoms. The summed E-state index contributed by atoms with van der Waals surface area (Å²) < 4.78 is 10.7. The molecular formula is C23H33N3O3. The number of likely N-dealkylation sites (tertiary alicyclic amines) is 1. The molecule has 2 bridgehead atoms. The van der Waals surface area contributed by atoms with Crippen molar-refractivity contribution in [2.75, 3.05) is 46.1 Å². The molecule has 5 aliphatic heterocycles. The number of carbonyl (C=O) groups is 1. The normalized spacial score (nSPS) is 31.8. The number of amides is 1. The van der Waals surface area contributed by atoms with Gasteiger partial charge in [0.05, 0.1) is 0 Å². The van der Waals surface area contributed by atoms with Crippen molar-refractivity contribution < 1.29 is 14.3 Å². The number of nitrogens with one attached hydrogen (secondary N) is 1. The summed E-state index contributed by atoms with van der Waals surface area (Å²) >= 11 is 0. The van der Waals surface area contributed by atoms with Crippen LogP contribution in [0.2, 0.25) is 0 Å². The highest BCUT2D eigenvalue weighted by Gasteiger charge is 2.40. The van der Waals surface area contributed by atoms with Crippen molar-refractivity contribution in [2.45, 2.75) is 38.6 Å². The highest BCUT2D eigenvalue weighted by atomic mass is 16.7. The molecule has 0 aliphatic carbocycles. The zero-order valence-electron chi connectivity index (χ0n) is 17.4. The van der Waals surface area contributed by atoms with Crippen LogP contribution in [0.25, 0.3) is 0 Å². The molecular weight excluding hydrogens is 366 g/mol. The van der Waals surface area contributed by atoms with Gasteiger partial charge in [-0.3, -0.25) is 9.69 Å². The second-order valence-electron chi connectivity index (χ2n) is 9.45. The molecule has 1 aromatic carbocycles. The predicted octanol–water partition coefficient (Wildman–Crippen LogP) is 2.59. The van der Waals surface area contributed by atoms with E-state index in [2.05, 4.69) is 22.0 Å². The molecule has 4 saturated heterocycles. The van der Waals surface area contributed by atoms with E-state index in [-0.39, 0.29) is 12.7 Å². The number of rotatable bonds is 5. The molecule has 0 spiro atoms. The van der Waals surface area contributed by atoms with Gasteiger partial charge in [-0.15, -0.1) is 0 Å². The third-order valence-electron chi connectivity index (χ3n) is 7.52. The van der Waals surface area contributed by atoms with Gasteiger partial charge >= 0.3 is 0 Å². The summed E-state index contributed by atoms with van der Waals surface area (Å²) in [5.41, 5.74) is 0.641. The van der Waals surface area contributed by atoms with Crippen LogP contribution in [-0.2, 0) is 0 Å². The van der Waals surface area contributed by atoms with E-state index in [0.717, 1.165) is 24.3 Å². The molecule has 4 fully saturated rings. The predicted molar refractivity (Wildman–Crippen MR) is 111 cm³/mol. The molecule has 0 aromatic heterocycles. The van der Waals surface area contributed by atoms with Gasteiger partial charge in [0, 0.05) is 31.2 Å². The van der Waals surface area contributed by atoms with Crippen molar-refractivity contribution in [3.8, 4) is 11.5 Å². The number of ether oxygens (including phenoxy) is 2. The van der Waals surface area contributed by atoms with Crippen molar-refractivity contribution in [1.82, 2.24) is 15.1 Å². The topological polar surface area (TPSA) is 54.0 Å². The van der Waals surface area contributed by atoms with Crippen LogP contribution < -0.4 is 14.8 Å². The Morgan fingerprint density at radius 3 is 2.76 bits per heavy atom. The van der Waals surface area contributed by atoms with Gasteiger partial charge in [-0.2, -0.15) is 0 Å². The highest BCUT2D eigenvalue weighted by molar-refractivity contribution is 5.94. The Hall–Kier alpha value is -1.79. The Balaban J connectivity index is 1.12. The van der Waals surface area contributed by atoms with Gasteiger partial charge in [-0.1, -0.05) is 6.92 Å². The van der Waals surface area contributed by atoms with Crippen LogP contribution in [0.4, 0.5) is 0 Å². The molecule has 1 N–H and O–H groups in total. The van der Waals surface area contributed by atoms with Gasteiger partial charge in [0.1, 0.15) is 0 Å². The number of hydrogen-bond donors (Lipinski definition) is 1. The van der Waals surface area contributed by atoms with Gasteiger partial charge < -0.3 is 19.7 Å². The van der Waals surface area contributed by atoms with E-state index in [1.807, 2.05) is 12.1 Å². The Morgan fingerprint density at radius 2 is 1.97 bits per heavy atom. The lowest BCUT2D eigenvalue weighted by molar-refractivity contribution is -0.0148. The van der Waals surface area contributed by atoms with Crippen LogP contribution in [0.15, 0.2) is 18.2 Å². The lowest BCUT2D eigenvalue weighted by atomic mass is 9.75. The van der Waals surface area contributed by atoms with Crippen molar-refractivity contribution in [2.24, 2.45) is 17.8 Å². The van der Waals surface area contributed by atoms with Gasteiger partial charge in [0.15, 0.2) is 11.5 Å². The average Bonchev–Trinajstić information content (AvgIpc) is 3.22. The molecule has 0 saturated carbocycles. The number of nitrogens with zero attached hydrogens (tertiary/aromatic N) is 2. The van der Waals surface area contributed by atoms with Gasteiger partial charge in [0.25, 0.3) is 5.91 Å². The van der Waals surface area contributed by atoms with Crippen molar-refractivity contribution in [1.29, 1.82) is 0 Å². The first-order valence-corrected chi connectivity index (χ1v) is 11.3. The number of fused-ring (bicyclic) bond motifs is 4. The molecule has 1 unspecified atom stereocenters. The van der Waals surface area contributed by atoms with Gasteiger partial charge in [0.2, 0.25) is 6.79 Å². The van der Waals surface area contributed by atoms with Crippen LogP contribution in [0.1, 0.15) is 43.0 Å². The molecule has 1 aromatic rings. The first kappa shape index (κ1) is 19.2. The van der Waals surface area contributed by atoms with E-state index in [4.69, 9.17) is 9.47 Å². The minimum atomic E-state index is -0.0232. The first-order chi connectivity index (χ1) is 14.2. The Labute approximate surface area is 173 Å². The maximum absolute atomic E-state index is 12.6. The van der Waals surface area contributed by atoms with Crippen molar-refractivity contribution >= 4 is 5.91 Å². The second kappa shape index (κ2) is 8.15. The third kappa shape index (κ3) is 4.10. The second-order valence-corrected chi connectivity index (χ2v) is 9.45. The Kier molecular flexibility index (Phi) is 5.39. The average molecular weight is 400 g/mol. The zero-order chi connectivity index (χ0) is 19.8. The standard InChI is InChI=1S/C23H33N3O3/c1-16-4-7-25(8-5-16)13-19-14-26-9-6-17(19)10-20(26)12-24-23(27)18-2-3-21-22(11-18)29-15-28-21/h2-3,11,16-17,19-20H,4-10,12-15H2,1H3,(H,24,27)/t17-,19-,20+/m0/s1. The lowest BCUT2D eigenvalue weighted by Gasteiger charge is -2.51. The van der Waals surface area contributed by atoms with Gasteiger partial charge in [-0.05, 0) is 81.3 Å². The molecule has 5 heterocycles. The lowest BCUT2D eigenvalue weighted by Crippen LogP contribution is -2.58. The fourth-order valence-corrected chi connectivity index (χ4v) is 5.60. The maximum atomic E-state index is 12.6. The van der Waals surface area contributed by atoms with Crippen LogP contribution >= 0.6 is 0 Å². The van der Waals surface area contributed by atoms with E-state index in [0.29, 0.717) is 23.1 Å². The summed E-state index contributed by atoms with van der Waals surface area (Å²) in [6.45, 7) is 9.55. The van der Waals surface area contributed by atoms with Crippen LogP contribution in [0.3, 0.4) is 0 Å². The molecule has 1 amide bonds. The fourth-order valence-electron chi connectivity index (χ4n) is 5.60. The number of carbonyl (C=O) groups excluding carboxylic acids is 1. The fraction of sp³-hybridized carbons (Fsp3) is 0.696. The van der Waals surface area contributed by atoms with Crippen molar-refractivity contribution in [3.05, 3.63) is 23.8 Å². The molecule has 29 heavy (non-hydrogen) atoms. The molecule has 6 rings (SSSR count). The van der Waals surface area contributed by atoms with E-state index in [9.17, 15) is 4.79 Å². The van der Waals surface area contributed by atoms with Crippen LogP contribution in [0.5, 0.6) is 11.5 Å². The number of piperidine rings is 4. The van der Waals surface area contributed by atoms with Gasteiger partial charge in [-0.25, -0.2) is 0 Å².